The number of epoxide rings is 1. The van der Waals surface area contributed by atoms with Gasteiger partial charge in [-0.15, -0.1) is 19.7 Å². The summed E-state index contributed by atoms with van der Waals surface area (Å²) in [6.07, 6.45) is 18.5. The lowest BCUT2D eigenvalue weighted by atomic mass is 9.58. The van der Waals surface area contributed by atoms with E-state index in [1.54, 1.807) is 12.2 Å². The summed E-state index contributed by atoms with van der Waals surface area (Å²) in [5.41, 5.74) is 3.59. The molecule has 9 rings (SSSR count). The first kappa shape index (κ1) is 57.1. The van der Waals surface area contributed by atoms with E-state index in [4.69, 9.17) is 4.74 Å². The van der Waals surface area contributed by atoms with E-state index in [1.165, 1.54) is 76.6 Å². The van der Waals surface area contributed by atoms with Crippen molar-refractivity contribution in [2.75, 3.05) is 79.6 Å². The van der Waals surface area contributed by atoms with Crippen molar-refractivity contribution in [2.45, 2.75) is 147 Å². The summed E-state index contributed by atoms with van der Waals surface area (Å²) in [7, 11) is 4.01. The van der Waals surface area contributed by atoms with E-state index in [0.717, 1.165) is 81.3 Å². The fourth-order valence-corrected chi connectivity index (χ4v) is 11.6. The zero-order valence-electron chi connectivity index (χ0n) is 42.8. The van der Waals surface area contributed by atoms with Gasteiger partial charge in [0, 0.05) is 86.9 Å². The largest absolute Gasteiger partial charge is 0.374 e. The molecule has 0 bridgehead atoms. The lowest BCUT2D eigenvalue weighted by Crippen LogP contribution is -2.64. The first-order valence-corrected chi connectivity index (χ1v) is 24.6. The Morgan fingerprint density at radius 2 is 1.03 bits per heavy atom. The van der Waals surface area contributed by atoms with Crippen molar-refractivity contribution in [3.63, 3.8) is 0 Å². The van der Waals surface area contributed by atoms with Crippen molar-refractivity contribution < 1.29 is 19.1 Å². The Labute approximate surface area is 382 Å². The molecule has 0 aromatic rings. The van der Waals surface area contributed by atoms with Gasteiger partial charge < -0.3 is 29.2 Å². The molecule has 9 fully saturated rings. The van der Waals surface area contributed by atoms with Crippen molar-refractivity contribution in [1.82, 2.24) is 24.5 Å². The van der Waals surface area contributed by atoms with Crippen LogP contribution in [0.3, 0.4) is 0 Å². The lowest BCUT2D eigenvalue weighted by Gasteiger charge is -2.59. The molecule has 358 valence electrons. The minimum absolute atomic E-state index is 0.0742. The van der Waals surface area contributed by atoms with Gasteiger partial charge in [0.25, 0.3) is 5.91 Å². The number of ether oxygens (including phenoxy) is 1. The van der Waals surface area contributed by atoms with Gasteiger partial charge in [-0.3, -0.25) is 14.4 Å². The normalized spacial score (nSPS) is 26.9. The van der Waals surface area contributed by atoms with Crippen molar-refractivity contribution >= 4 is 18.2 Å². The molecule has 3 amide bonds. The van der Waals surface area contributed by atoms with Gasteiger partial charge in [-0.05, 0) is 115 Å². The molecule has 9 heteroatoms. The van der Waals surface area contributed by atoms with Gasteiger partial charge in [-0.2, -0.15) is 0 Å². The Morgan fingerprint density at radius 1 is 0.677 bits per heavy atom. The van der Waals surface area contributed by atoms with E-state index in [1.807, 2.05) is 83.3 Å². The molecule has 0 aromatic carbocycles. The van der Waals surface area contributed by atoms with Crippen LogP contribution in [0.15, 0.2) is 50.2 Å². The maximum absolute atomic E-state index is 11.7. The van der Waals surface area contributed by atoms with Gasteiger partial charge in [-0.1, -0.05) is 88.0 Å². The number of likely N-dealkylation sites (tertiary alicyclic amines) is 4. The van der Waals surface area contributed by atoms with E-state index in [2.05, 4.69) is 70.7 Å². The predicted octanol–water partition coefficient (Wildman–Crippen LogP) is 10.6. The lowest BCUT2D eigenvalue weighted by molar-refractivity contribution is -0.155. The van der Waals surface area contributed by atoms with Gasteiger partial charge in [-0.25, -0.2) is 0 Å². The minimum atomic E-state index is -0.0742. The molecule has 0 N–H and O–H groups in total. The first-order chi connectivity index (χ1) is 29.5. The maximum Gasteiger partial charge on any atom is 0.254 e. The molecule has 4 saturated carbocycles. The fourth-order valence-electron chi connectivity index (χ4n) is 11.6. The Morgan fingerprint density at radius 3 is 1.34 bits per heavy atom. The predicted molar refractivity (Wildman–Crippen MR) is 264 cm³/mol. The molecule has 5 aliphatic heterocycles. The summed E-state index contributed by atoms with van der Waals surface area (Å²) in [6.45, 7) is 48.6. The van der Waals surface area contributed by atoms with Crippen LogP contribution in [0.25, 0.3) is 0 Å². The number of hydrogen-bond donors (Lipinski definition) is 0. The van der Waals surface area contributed by atoms with E-state index in [0.29, 0.717) is 22.9 Å². The number of rotatable bonds is 6. The van der Waals surface area contributed by atoms with Crippen molar-refractivity contribution in [3.8, 4) is 0 Å². The van der Waals surface area contributed by atoms with Crippen LogP contribution in [0, 0.1) is 45.3 Å². The molecule has 1 atom stereocenters. The topological polar surface area (TPSA) is 79.9 Å². The number of amides is 3. The van der Waals surface area contributed by atoms with Crippen LogP contribution in [0.1, 0.15) is 141 Å². The van der Waals surface area contributed by atoms with Crippen LogP contribution in [0.4, 0.5) is 0 Å². The second kappa shape index (κ2) is 26.8. The van der Waals surface area contributed by atoms with Gasteiger partial charge in [0.15, 0.2) is 6.10 Å². The Bertz CT molecular complexity index is 1360. The molecule has 9 aliphatic rings. The quantitative estimate of drug-likeness (QED) is 0.115. The third-order valence-electron chi connectivity index (χ3n) is 13.5. The summed E-state index contributed by atoms with van der Waals surface area (Å²) >= 11 is 0. The van der Waals surface area contributed by atoms with Crippen LogP contribution in [0.2, 0.25) is 0 Å². The molecule has 5 saturated heterocycles. The highest BCUT2D eigenvalue weighted by Gasteiger charge is 2.54. The summed E-state index contributed by atoms with van der Waals surface area (Å²) < 4.78 is 4.98. The highest BCUT2D eigenvalue weighted by Crippen LogP contribution is 2.54. The molecule has 1 unspecified atom stereocenters. The first-order valence-electron chi connectivity index (χ1n) is 24.6. The second-order valence-electron chi connectivity index (χ2n) is 20.3. The minimum Gasteiger partial charge on any atom is -0.374 e. The zero-order chi connectivity index (χ0) is 47.5. The Hall–Kier alpha value is -2.91. The van der Waals surface area contributed by atoms with Crippen LogP contribution in [0.5, 0.6) is 0 Å². The maximum atomic E-state index is 11.7. The molecule has 4 aliphatic carbocycles. The molecule has 62 heavy (non-hydrogen) atoms. The monoisotopic (exact) mass is 868 g/mol. The number of carbonyl (C=O) groups is 3. The summed E-state index contributed by atoms with van der Waals surface area (Å²) in [6, 6.07) is 0. The van der Waals surface area contributed by atoms with Crippen LogP contribution in [-0.2, 0) is 19.1 Å². The summed E-state index contributed by atoms with van der Waals surface area (Å²) in [4.78, 5) is 44.0. The Kier molecular flexibility index (Phi) is 24.7. The highest BCUT2D eigenvalue weighted by atomic mass is 16.6. The summed E-state index contributed by atoms with van der Waals surface area (Å²) in [5, 5.41) is 0. The van der Waals surface area contributed by atoms with E-state index >= 15 is 0 Å². The fraction of sp³-hybridized carbons (Fsp3) is 0.792. The average molecular weight is 868 g/mol. The average Bonchev–Trinajstić information content (AvgIpc) is 3.94. The molecular formula is C53H97N5O4. The summed E-state index contributed by atoms with van der Waals surface area (Å²) in [5.74, 6) is 4.07. The van der Waals surface area contributed by atoms with Gasteiger partial charge >= 0.3 is 0 Å². The van der Waals surface area contributed by atoms with Crippen molar-refractivity contribution in [1.29, 1.82) is 0 Å². The number of likely N-dealkylation sites (N-methyl/N-ethyl adjacent to an activating group) is 1. The smallest absolute Gasteiger partial charge is 0.254 e. The third-order valence-corrected chi connectivity index (χ3v) is 13.5. The van der Waals surface area contributed by atoms with Crippen LogP contribution in [-0.4, -0.2) is 128 Å². The van der Waals surface area contributed by atoms with Gasteiger partial charge in [0.05, 0.1) is 6.61 Å². The van der Waals surface area contributed by atoms with E-state index in [9.17, 15) is 14.4 Å². The zero-order valence-corrected chi connectivity index (χ0v) is 42.8. The number of carbonyl (C=O) groups excluding carboxylic acids is 3. The highest BCUT2D eigenvalue weighted by molar-refractivity contribution is 5.88. The van der Waals surface area contributed by atoms with Crippen LogP contribution < -0.4 is 0 Å². The third kappa shape index (κ3) is 16.3. The van der Waals surface area contributed by atoms with Crippen LogP contribution >= 0.6 is 0 Å². The second-order valence-corrected chi connectivity index (χ2v) is 20.3. The van der Waals surface area contributed by atoms with Crippen molar-refractivity contribution in [3.05, 3.63) is 50.2 Å². The molecule has 9 nitrogen and oxygen atoms in total. The molecule has 5 heterocycles. The number of nitrogens with zero attached hydrogens (tertiary/aromatic N) is 5. The number of allylic oxidation sites excluding steroid dienone is 2. The van der Waals surface area contributed by atoms with E-state index in [-0.39, 0.29) is 17.9 Å². The SMILES string of the molecule is C=C.C=C(C)N1CC2(CC(C)C2)C1.C=CC.CC.CC.CC.CC1CC2(C1)CN(C(=O)/C=C/CN(C)C)C2.CC1CC2(C1)CN(C(=O)C1CO1)C2.CC1CC2(CCN(C=O)C2)C1. The standard InChI is InChI=1S/C13H22N2O.C10H15NO2.C10H17N.C9H15NO.C3H6.3C2H6.C2H4/c1-11-7-13(8-11)9-15(10-13)12(16)5-4-6-14(2)3;1-7-2-10(3-7)5-11(6-10)9(12)8-4-13-8;1-8(2)11-6-10(7-11)4-9(3)5-10;1-8-4-9(5-8)2-3-10(6-9)7-11;1-3-2;4*1-2/h4-5,11H,6-10H2,1-3H3;7-8H,2-6H2,1H3;9H,1,4-7H2,2-3H3;7-8H,2-6H2,1H3;3H,1H2,2H3;3*1-2H3;1-2H2/b5-4+;;;;;;;;. The molecule has 0 radical (unpaired) electrons. The van der Waals surface area contributed by atoms with Gasteiger partial charge in [0.1, 0.15) is 0 Å². The van der Waals surface area contributed by atoms with E-state index < -0.39 is 0 Å². The molecule has 4 spiro atoms. The molecule has 0 aromatic heterocycles. The van der Waals surface area contributed by atoms with Crippen molar-refractivity contribution in [2.24, 2.45) is 45.3 Å². The number of hydrogen-bond acceptors (Lipinski definition) is 6. The Balaban J connectivity index is 0.000000387. The molecular weight excluding hydrogens is 771 g/mol. The van der Waals surface area contributed by atoms with Gasteiger partial charge in [0.2, 0.25) is 12.3 Å².